The molecule has 0 saturated heterocycles. The van der Waals surface area contributed by atoms with Gasteiger partial charge >= 0.3 is 0 Å². The molecule has 0 spiro atoms. The Labute approximate surface area is 114 Å². The first-order chi connectivity index (χ1) is 9.11. The van der Waals surface area contributed by atoms with Crippen molar-refractivity contribution in [2.45, 2.75) is 6.04 Å². The van der Waals surface area contributed by atoms with Crippen LogP contribution in [0.25, 0.3) is 0 Å². The van der Waals surface area contributed by atoms with Gasteiger partial charge in [0.2, 0.25) is 0 Å². The van der Waals surface area contributed by atoms with Crippen molar-refractivity contribution in [1.82, 2.24) is 0 Å². The van der Waals surface area contributed by atoms with E-state index in [1.165, 1.54) is 30.3 Å². The predicted octanol–water partition coefficient (Wildman–Crippen LogP) is 4.29. The third-order valence-electron chi connectivity index (χ3n) is 2.58. The first kappa shape index (κ1) is 13.3. The predicted molar refractivity (Wildman–Crippen MR) is 69.8 cm³/mol. The van der Waals surface area contributed by atoms with E-state index >= 15 is 0 Å². The van der Waals surface area contributed by atoms with Gasteiger partial charge in [-0.3, -0.25) is 0 Å². The Morgan fingerprint density at radius 1 is 1.11 bits per heavy atom. The molecule has 0 aliphatic rings. The number of nitriles is 1. The summed E-state index contributed by atoms with van der Waals surface area (Å²) in [6.45, 7) is 0. The average molecular weight is 279 g/mol. The van der Waals surface area contributed by atoms with Crippen LogP contribution in [0.4, 0.5) is 14.5 Å². The fourth-order valence-corrected chi connectivity index (χ4v) is 1.81. The minimum absolute atomic E-state index is 0.121. The summed E-state index contributed by atoms with van der Waals surface area (Å²) in [6.07, 6.45) is 0. The van der Waals surface area contributed by atoms with Gasteiger partial charge in [0.05, 0.1) is 11.8 Å². The minimum atomic E-state index is -0.992. The Hall–Kier alpha value is -2.12. The van der Waals surface area contributed by atoms with Crippen molar-refractivity contribution in [3.05, 3.63) is 64.7 Å². The summed E-state index contributed by atoms with van der Waals surface area (Å²) in [5.41, 5.74) is 0.263. The highest BCUT2D eigenvalue weighted by Gasteiger charge is 2.16. The van der Waals surface area contributed by atoms with Crippen LogP contribution in [0, 0.1) is 23.0 Å². The van der Waals surface area contributed by atoms with Crippen LogP contribution in [0.3, 0.4) is 0 Å². The van der Waals surface area contributed by atoms with E-state index in [4.69, 9.17) is 16.9 Å². The molecule has 0 heterocycles. The summed E-state index contributed by atoms with van der Waals surface area (Å²) in [5, 5.41) is 12.0. The molecule has 0 fully saturated rings. The lowest BCUT2D eigenvalue weighted by atomic mass is 10.1. The third-order valence-corrected chi connectivity index (χ3v) is 2.81. The van der Waals surface area contributed by atoms with Crippen LogP contribution in [0.1, 0.15) is 11.6 Å². The molecule has 2 aromatic rings. The maximum absolute atomic E-state index is 13.7. The third kappa shape index (κ3) is 3.01. The zero-order valence-electron chi connectivity index (χ0n) is 9.70. The van der Waals surface area contributed by atoms with E-state index in [1.807, 2.05) is 6.07 Å². The molecule has 0 aromatic heterocycles. The smallest absolute Gasteiger partial charge is 0.146 e. The van der Waals surface area contributed by atoms with Crippen LogP contribution in [0.15, 0.2) is 42.5 Å². The number of hydrogen-bond donors (Lipinski definition) is 1. The molecule has 19 heavy (non-hydrogen) atoms. The van der Waals surface area contributed by atoms with Gasteiger partial charge in [-0.2, -0.15) is 5.26 Å². The number of halogens is 3. The molecule has 2 aromatic carbocycles. The summed E-state index contributed by atoms with van der Waals surface area (Å²) in [4.78, 5) is 0. The highest BCUT2D eigenvalue weighted by atomic mass is 35.5. The van der Waals surface area contributed by atoms with Crippen molar-refractivity contribution in [1.29, 1.82) is 5.26 Å². The SMILES string of the molecule is N#CC(Nc1ccccc1F)c1ccc(Cl)cc1F. The molecule has 2 nitrogen and oxygen atoms in total. The fourth-order valence-electron chi connectivity index (χ4n) is 1.65. The maximum Gasteiger partial charge on any atom is 0.146 e. The van der Waals surface area contributed by atoms with Crippen molar-refractivity contribution in [3.63, 3.8) is 0 Å². The molecule has 1 N–H and O–H groups in total. The van der Waals surface area contributed by atoms with Crippen LogP contribution < -0.4 is 5.32 Å². The van der Waals surface area contributed by atoms with Crippen LogP contribution in [-0.4, -0.2) is 0 Å². The first-order valence-corrected chi connectivity index (χ1v) is 5.85. The van der Waals surface area contributed by atoms with E-state index in [0.29, 0.717) is 0 Å². The molecule has 0 aliphatic heterocycles. The molecule has 5 heteroatoms. The second-order valence-corrected chi connectivity index (χ2v) is 4.29. The molecule has 1 atom stereocenters. The normalized spacial score (nSPS) is 11.7. The summed E-state index contributed by atoms with van der Waals surface area (Å²) in [5.74, 6) is -1.11. The summed E-state index contributed by atoms with van der Waals surface area (Å²) in [7, 11) is 0. The molecule has 2 rings (SSSR count). The Balaban J connectivity index is 2.31. The van der Waals surface area contributed by atoms with Crippen LogP contribution in [0.5, 0.6) is 0 Å². The van der Waals surface area contributed by atoms with Crippen molar-refractivity contribution < 1.29 is 8.78 Å². The van der Waals surface area contributed by atoms with E-state index in [2.05, 4.69) is 5.32 Å². The van der Waals surface area contributed by atoms with E-state index < -0.39 is 17.7 Å². The van der Waals surface area contributed by atoms with Gasteiger partial charge in [0.1, 0.15) is 17.7 Å². The van der Waals surface area contributed by atoms with Gasteiger partial charge in [-0.15, -0.1) is 0 Å². The number of benzene rings is 2. The standard InChI is InChI=1S/C14H9ClF2N2/c15-9-5-6-10(12(17)7-9)14(8-18)19-13-4-2-1-3-11(13)16/h1-7,14,19H. The molecule has 0 radical (unpaired) electrons. The van der Waals surface area contributed by atoms with Gasteiger partial charge < -0.3 is 5.32 Å². The lowest BCUT2D eigenvalue weighted by molar-refractivity contribution is 0.604. The molecular weight excluding hydrogens is 270 g/mol. The van der Waals surface area contributed by atoms with Crippen LogP contribution >= 0.6 is 11.6 Å². The number of hydrogen-bond acceptors (Lipinski definition) is 2. The fraction of sp³-hybridized carbons (Fsp3) is 0.0714. The first-order valence-electron chi connectivity index (χ1n) is 5.47. The largest absolute Gasteiger partial charge is 0.364 e. The van der Waals surface area contributed by atoms with Crippen LogP contribution in [0.2, 0.25) is 5.02 Å². The van der Waals surface area contributed by atoms with Crippen molar-refractivity contribution in [3.8, 4) is 6.07 Å². The molecule has 0 aliphatic carbocycles. The summed E-state index contributed by atoms with van der Waals surface area (Å²) in [6, 6.07) is 10.8. The van der Waals surface area contributed by atoms with Crippen LogP contribution in [-0.2, 0) is 0 Å². The quantitative estimate of drug-likeness (QED) is 0.909. The monoisotopic (exact) mass is 278 g/mol. The van der Waals surface area contributed by atoms with E-state index in [1.54, 1.807) is 6.07 Å². The summed E-state index contributed by atoms with van der Waals surface area (Å²) >= 11 is 5.65. The van der Waals surface area contributed by atoms with E-state index in [0.717, 1.165) is 6.07 Å². The van der Waals surface area contributed by atoms with Gasteiger partial charge in [-0.1, -0.05) is 29.8 Å². The Morgan fingerprint density at radius 2 is 1.84 bits per heavy atom. The number of nitrogens with one attached hydrogen (secondary N) is 1. The lowest BCUT2D eigenvalue weighted by Gasteiger charge is -2.14. The second kappa shape index (κ2) is 5.68. The molecule has 1 unspecified atom stereocenters. The van der Waals surface area contributed by atoms with Gasteiger partial charge in [-0.25, -0.2) is 8.78 Å². The topological polar surface area (TPSA) is 35.8 Å². The number of nitrogens with zero attached hydrogens (tertiary/aromatic N) is 1. The van der Waals surface area contributed by atoms with Crippen molar-refractivity contribution in [2.75, 3.05) is 5.32 Å². The van der Waals surface area contributed by atoms with Crippen molar-refractivity contribution >= 4 is 17.3 Å². The Kier molecular flexibility index (Phi) is 3.98. The lowest BCUT2D eigenvalue weighted by Crippen LogP contribution is -2.11. The highest BCUT2D eigenvalue weighted by molar-refractivity contribution is 6.30. The highest BCUT2D eigenvalue weighted by Crippen LogP contribution is 2.25. The molecule has 0 amide bonds. The molecule has 0 saturated carbocycles. The van der Waals surface area contributed by atoms with Gasteiger partial charge in [-0.05, 0) is 24.3 Å². The zero-order chi connectivity index (χ0) is 13.8. The van der Waals surface area contributed by atoms with Crippen molar-refractivity contribution in [2.24, 2.45) is 0 Å². The van der Waals surface area contributed by atoms with Gasteiger partial charge in [0.15, 0.2) is 0 Å². The summed E-state index contributed by atoms with van der Waals surface area (Å²) < 4.78 is 27.2. The number of anilines is 1. The Bertz CT molecular complexity index is 638. The molecule has 96 valence electrons. The van der Waals surface area contributed by atoms with Gasteiger partial charge in [0.25, 0.3) is 0 Å². The number of para-hydroxylation sites is 1. The Morgan fingerprint density at radius 3 is 2.47 bits per heavy atom. The molecular formula is C14H9ClF2N2. The maximum atomic E-state index is 13.7. The molecule has 0 bridgehead atoms. The van der Waals surface area contributed by atoms with E-state index in [9.17, 15) is 8.78 Å². The average Bonchev–Trinajstić information content (AvgIpc) is 2.39. The minimum Gasteiger partial charge on any atom is -0.364 e. The number of rotatable bonds is 3. The van der Waals surface area contributed by atoms with Gasteiger partial charge in [0, 0.05) is 10.6 Å². The zero-order valence-corrected chi connectivity index (χ0v) is 10.5. The van der Waals surface area contributed by atoms with E-state index in [-0.39, 0.29) is 16.3 Å². The second-order valence-electron chi connectivity index (χ2n) is 3.85.